The Morgan fingerprint density at radius 3 is 2.52 bits per heavy atom. The van der Waals surface area contributed by atoms with Crippen molar-refractivity contribution in [2.45, 2.75) is 39.2 Å². The molecule has 1 amide bonds. The van der Waals surface area contributed by atoms with Crippen molar-refractivity contribution < 1.29 is 9.90 Å². The number of aryl methyl sites for hydroxylation is 1. The molecule has 0 radical (unpaired) electrons. The zero-order valence-corrected chi connectivity index (χ0v) is 16.2. The van der Waals surface area contributed by atoms with Crippen LogP contribution in [0, 0.1) is 12.8 Å². The second kappa shape index (κ2) is 8.48. The molecule has 2 atom stereocenters. The average molecular weight is 368 g/mol. The summed E-state index contributed by atoms with van der Waals surface area (Å²) < 4.78 is 0. The number of aliphatic hydroxyl groups is 1. The molecule has 6 heteroatoms. The second-order valence-electron chi connectivity index (χ2n) is 7.63. The molecule has 1 fully saturated rings. The molecule has 1 saturated heterocycles. The van der Waals surface area contributed by atoms with Gasteiger partial charge in [0.05, 0.1) is 18.2 Å². The summed E-state index contributed by atoms with van der Waals surface area (Å²) in [6.07, 6.45) is 0.345. The maximum Gasteiger partial charge on any atom is 0.224 e. The summed E-state index contributed by atoms with van der Waals surface area (Å²) >= 11 is 0. The molecule has 2 N–H and O–H groups in total. The Balaban J connectivity index is 1.59. The summed E-state index contributed by atoms with van der Waals surface area (Å²) in [7, 11) is 0. The van der Waals surface area contributed by atoms with Gasteiger partial charge in [0.1, 0.15) is 0 Å². The minimum absolute atomic E-state index is 0.0135. The molecule has 144 valence electrons. The van der Waals surface area contributed by atoms with Gasteiger partial charge in [-0.3, -0.25) is 4.79 Å². The summed E-state index contributed by atoms with van der Waals surface area (Å²) in [5.41, 5.74) is 3.13. The molecule has 1 aliphatic heterocycles. The summed E-state index contributed by atoms with van der Waals surface area (Å²) in [5.74, 6) is 1.22. The second-order valence-corrected chi connectivity index (χ2v) is 7.63. The van der Waals surface area contributed by atoms with Crippen LogP contribution in [0.3, 0.4) is 0 Å². The van der Waals surface area contributed by atoms with Crippen molar-refractivity contribution in [2.75, 3.05) is 24.6 Å². The third kappa shape index (κ3) is 4.83. The number of nitrogens with one attached hydrogen (secondary N) is 1. The zero-order chi connectivity index (χ0) is 19.4. The standard InChI is InChI=1S/C21H28N4O2/c1-14(2)17-7-5-16(6-8-17)10-21(27)22-19-12-25(11-18(19)13-26)20-9-4-15(3)23-24-20/h4-9,14,18-19,26H,10-13H2,1-3H3,(H,22,27)/t18-,19-/m0/s1. The molecular weight excluding hydrogens is 340 g/mol. The molecule has 0 aliphatic carbocycles. The van der Waals surface area contributed by atoms with E-state index >= 15 is 0 Å². The lowest BCUT2D eigenvalue weighted by molar-refractivity contribution is -0.121. The van der Waals surface area contributed by atoms with Crippen LogP contribution < -0.4 is 10.2 Å². The number of aliphatic hydroxyl groups excluding tert-OH is 1. The predicted octanol–water partition coefficient (Wildman–Crippen LogP) is 2.06. The van der Waals surface area contributed by atoms with Gasteiger partial charge in [0.25, 0.3) is 0 Å². The van der Waals surface area contributed by atoms with Gasteiger partial charge in [-0.05, 0) is 36.1 Å². The summed E-state index contributed by atoms with van der Waals surface area (Å²) in [6.45, 7) is 7.52. The van der Waals surface area contributed by atoms with E-state index in [0.29, 0.717) is 25.4 Å². The van der Waals surface area contributed by atoms with Crippen LogP contribution in [0.15, 0.2) is 36.4 Å². The minimum atomic E-state index is -0.0967. The lowest BCUT2D eigenvalue weighted by Crippen LogP contribution is -2.42. The number of amides is 1. The van der Waals surface area contributed by atoms with E-state index in [1.807, 2.05) is 31.2 Å². The molecule has 1 aromatic heterocycles. The van der Waals surface area contributed by atoms with E-state index < -0.39 is 0 Å². The first-order chi connectivity index (χ1) is 13.0. The molecule has 0 bridgehead atoms. The number of carbonyl (C=O) groups is 1. The highest BCUT2D eigenvalue weighted by Crippen LogP contribution is 2.22. The minimum Gasteiger partial charge on any atom is -0.396 e. The Labute approximate surface area is 160 Å². The zero-order valence-electron chi connectivity index (χ0n) is 16.2. The lowest BCUT2D eigenvalue weighted by Gasteiger charge is -2.18. The summed E-state index contributed by atoms with van der Waals surface area (Å²) in [6, 6.07) is 11.9. The van der Waals surface area contributed by atoms with Gasteiger partial charge in [-0.15, -0.1) is 5.10 Å². The first-order valence-electron chi connectivity index (χ1n) is 9.50. The molecule has 0 spiro atoms. The SMILES string of the molecule is Cc1ccc(N2C[C@@H](CO)[C@@H](NC(=O)Cc3ccc(C(C)C)cc3)C2)nn1. The highest BCUT2D eigenvalue weighted by atomic mass is 16.3. The normalized spacial score (nSPS) is 19.5. The number of rotatable bonds is 6. The molecule has 0 saturated carbocycles. The van der Waals surface area contributed by atoms with Crippen LogP contribution in [0.25, 0.3) is 0 Å². The fraction of sp³-hybridized carbons (Fsp3) is 0.476. The van der Waals surface area contributed by atoms with Crippen molar-refractivity contribution in [2.24, 2.45) is 5.92 Å². The van der Waals surface area contributed by atoms with Crippen molar-refractivity contribution in [1.82, 2.24) is 15.5 Å². The molecular formula is C21H28N4O2. The van der Waals surface area contributed by atoms with Crippen LogP contribution in [0.1, 0.15) is 36.6 Å². The molecule has 1 aromatic carbocycles. The van der Waals surface area contributed by atoms with E-state index in [2.05, 4.69) is 46.4 Å². The Kier molecular flexibility index (Phi) is 6.06. The highest BCUT2D eigenvalue weighted by molar-refractivity contribution is 5.79. The van der Waals surface area contributed by atoms with Crippen molar-refractivity contribution in [1.29, 1.82) is 0 Å². The van der Waals surface area contributed by atoms with E-state index in [-0.39, 0.29) is 24.5 Å². The van der Waals surface area contributed by atoms with Crippen LogP contribution in [0.2, 0.25) is 0 Å². The largest absolute Gasteiger partial charge is 0.396 e. The maximum absolute atomic E-state index is 12.5. The topological polar surface area (TPSA) is 78.4 Å². The smallest absolute Gasteiger partial charge is 0.224 e. The molecule has 2 aromatic rings. The van der Waals surface area contributed by atoms with E-state index in [1.54, 1.807) is 0 Å². The van der Waals surface area contributed by atoms with Crippen LogP contribution in [-0.4, -0.2) is 46.9 Å². The van der Waals surface area contributed by atoms with Crippen LogP contribution in [0.4, 0.5) is 5.82 Å². The van der Waals surface area contributed by atoms with Crippen molar-refractivity contribution in [3.63, 3.8) is 0 Å². The average Bonchev–Trinajstić information content (AvgIpc) is 3.05. The number of hydrogen-bond acceptors (Lipinski definition) is 5. The van der Waals surface area contributed by atoms with Gasteiger partial charge in [-0.25, -0.2) is 0 Å². The molecule has 1 aliphatic rings. The van der Waals surface area contributed by atoms with Gasteiger partial charge in [0.15, 0.2) is 5.82 Å². The van der Waals surface area contributed by atoms with Crippen molar-refractivity contribution in [3.05, 3.63) is 53.2 Å². The van der Waals surface area contributed by atoms with Gasteiger partial charge < -0.3 is 15.3 Å². The van der Waals surface area contributed by atoms with Gasteiger partial charge >= 0.3 is 0 Å². The van der Waals surface area contributed by atoms with Crippen LogP contribution in [-0.2, 0) is 11.2 Å². The lowest BCUT2D eigenvalue weighted by atomic mass is 10.0. The summed E-state index contributed by atoms with van der Waals surface area (Å²) in [4.78, 5) is 14.6. The number of nitrogens with zero attached hydrogens (tertiary/aromatic N) is 3. The molecule has 3 rings (SSSR count). The van der Waals surface area contributed by atoms with Gasteiger partial charge in [-0.1, -0.05) is 38.1 Å². The Bertz CT molecular complexity index is 759. The maximum atomic E-state index is 12.5. The van der Waals surface area contributed by atoms with E-state index in [9.17, 15) is 9.90 Å². The van der Waals surface area contributed by atoms with Crippen molar-refractivity contribution >= 4 is 11.7 Å². The van der Waals surface area contributed by atoms with Gasteiger partial charge in [-0.2, -0.15) is 5.10 Å². The number of carbonyl (C=O) groups excluding carboxylic acids is 1. The quantitative estimate of drug-likeness (QED) is 0.816. The first kappa shape index (κ1) is 19.3. The number of anilines is 1. The number of aromatic nitrogens is 2. The molecule has 27 heavy (non-hydrogen) atoms. The highest BCUT2D eigenvalue weighted by Gasteiger charge is 2.34. The van der Waals surface area contributed by atoms with Crippen LogP contribution in [0.5, 0.6) is 0 Å². The van der Waals surface area contributed by atoms with Crippen LogP contribution >= 0.6 is 0 Å². The van der Waals surface area contributed by atoms with E-state index in [4.69, 9.17) is 0 Å². The molecule has 2 heterocycles. The fourth-order valence-electron chi connectivity index (χ4n) is 3.43. The molecule has 0 unspecified atom stereocenters. The third-order valence-corrected chi connectivity index (χ3v) is 5.14. The van der Waals surface area contributed by atoms with Crippen molar-refractivity contribution in [3.8, 4) is 0 Å². The Hall–Kier alpha value is -2.47. The number of hydrogen-bond donors (Lipinski definition) is 2. The first-order valence-corrected chi connectivity index (χ1v) is 9.50. The van der Waals surface area contributed by atoms with E-state index in [1.165, 1.54) is 5.56 Å². The summed E-state index contributed by atoms with van der Waals surface area (Å²) in [5, 5.41) is 21.1. The number of benzene rings is 1. The Morgan fingerprint density at radius 2 is 1.93 bits per heavy atom. The van der Waals surface area contributed by atoms with Gasteiger partial charge in [0, 0.05) is 25.6 Å². The third-order valence-electron chi connectivity index (χ3n) is 5.14. The predicted molar refractivity (Wildman–Crippen MR) is 106 cm³/mol. The Morgan fingerprint density at radius 1 is 1.19 bits per heavy atom. The fourth-order valence-corrected chi connectivity index (χ4v) is 3.43. The van der Waals surface area contributed by atoms with Gasteiger partial charge in [0.2, 0.25) is 5.91 Å². The monoisotopic (exact) mass is 368 g/mol. The molecule has 6 nitrogen and oxygen atoms in total. The van der Waals surface area contributed by atoms with E-state index in [0.717, 1.165) is 17.1 Å².